The maximum absolute atomic E-state index is 13.6. The first kappa shape index (κ1) is 12.5. The molecule has 0 N–H and O–H groups in total. The van der Waals surface area contributed by atoms with Gasteiger partial charge in [0, 0.05) is 18.8 Å². The monoisotopic (exact) mass is 276 g/mol. The SMILES string of the molecule is CCn1cc(-c2nc(-c3ccc(F)cc3F)no2)cn1. The van der Waals surface area contributed by atoms with Gasteiger partial charge in [0.05, 0.1) is 17.3 Å². The summed E-state index contributed by atoms with van der Waals surface area (Å²) in [5.74, 6) is -1.08. The van der Waals surface area contributed by atoms with Crippen molar-refractivity contribution in [3.05, 3.63) is 42.2 Å². The smallest absolute Gasteiger partial charge is 0.261 e. The maximum atomic E-state index is 13.6. The van der Waals surface area contributed by atoms with Gasteiger partial charge in [-0.15, -0.1) is 0 Å². The van der Waals surface area contributed by atoms with Crippen LogP contribution in [0.25, 0.3) is 22.8 Å². The zero-order chi connectivity index (χ0) is 14.1. The second kappa shape index (κ2) is 4.84. The van der Waals surface area contributed by atoms with Crippen molar-refractivity contribution in [3.8, 4) is 22.8 Å². The minimum atomic E-state index is -0.735. The summed E-state index contributed by atoms with van der Waals surface area (Å²) in [7, 11) is 0. The average molecular weight is 276 g/mol. The highest BCUT2D eigenvalue weighted by atomic mass is 19.1. The lowest BCUT2D eigenvalue weighted by Crippen LogP contribution is -1.92. The van der Waals surface area contributed by atoms with Crippen LogP contribution in [0.5, 0.6) is 0 Å². The summed E-state index contributed by atoms with van der Waals surface area (Å²) < 4.78 is 33.3. The molecule has 2 heterocycles. The van der Waals surface area contributed by atoms with Crippen molar-refractivity contribution in [3.63, 3.8) is 0 Å². The standard InChI is InChI=1S/C13H10F2N4O/c1-2-19-7-8(6-16-19)13-17-12(18-20-13)10-4-3-9(14)5-11(10)15/h3-7H,2H2,1H3. The summed E-state index contributed by atoms with van der Waals surface area (Å²) in [6, 6.07) is 3.19. The Labute approximate surface area is 112 Å². The number of benzene rings is 1. The summed E-state index contributed by atoms with van der Waals surface area (Å²) in [6.07, 6.45) is 3.33. The van der Waals surface area contributed by atoms with Crippen molar-refractivity contribution in [2.45, 2.75) is 13.5 Å². The van der Waals surface area contributed by atoms with Gasteiger partial charge in [0.15, 0.2) is 0 Å². The maximum Gasteiger partial charge on any atom is 0.261 e. The molecule has 3 rings (SSSR count). The molecule has 0 radical (unpaired) electrons. The van der Waals surface area contributed by atoms with Crippen molar-refractivity contribution in [1.82, 2.24) is 19.9 Å². The third-order valence-electron chi connectivity index (χ3n) is 2.80. The second-order valence-electron chi connectivity index (χ2n) is 4.13. The van der Waals surface area contributed by atoms with Gasteiger partial charge in [0.2, 0.25) is 5.82 Å². The number of hydrogen-bond donors (Lipinski definition) is 0. The highest BCUT2D eigenvalue weighted by molar-refractivity contribution is 5.59. The van der Waals surface area contributed by atoms with Crippen LogP contribution in [0.1, 0.15) is 6.92 Å². The zero-order valence-corrected chi connectivity index (χ0v) is 10.5. The first-order valence-corrected chi connectivity index (χ1v) is 5.99. The Morgan fingerprint density at radius 2 is 2.15 bits per heavy atom. The molecule has 0 aliphatic carbocycles. The molecule has 0 fully saturated rings. The summed E-state index contributed by atoms with van der Waals surface area (Å²) in [4.78, 5) is 4.10. The molecule has 0 aliphatic heterocycles. The van der Waals surface area contributed by atoms with Gasteiger partial charge in [-0.05, 0) is 19.1 Å². The fourth-order valence-corrected chi connectivity index (χ4v) is 1.77. The Morgan fingerprint density at radius 1 is 1.30 bits per heavy atom. The predicted octanol–water partition coefficient (Wildman–Crippen LogP) is 2.90. The molecule has 0 bridgehead atoms. The van der Waals surface area contributed by atoms with E-state index in [0.29, 0.717) is 12.1 Å². The number of halogens is 2. The van der Waals surface area contributed by atoms with Crippen LogP contribution in [-0.4, -0.2) is 19.9 Å². The van der Waals surface area contributed by atoms with Crippen LogP contribution in [0.2, 0.25) is 0 Å². The first-order valence-electron chi connectivity index (χ1n) is 5.99. The van der Waals surface area contributed by atoms with Crippen molar-refractivity contribution >= 4 is 0 Å². The fourth-order valence-electron chi connectivity index (χ4n) is 1.77. The van der Waals surface area contributed by atoms with Crippen molar-refractivity contribution in [2.24, 2.45) is 0 Å². The summed E-state index contributed by atoms with van der Waals surface area (Å²) in [5.41, 5.74) is 0.734. The van der Waals surface area contributed by atoms with Gasteiger partial charge in [-0.1, -0.05) is 5.16 Å². The third kappa shape index (κ3) is 2.18. The van der Waals surface area contributed by atoms with Crippen LogP contribution >= 0.6 is 0 Å². The topological polar surface area (TPSA) is 56.7 Å². The van der Waals surface area contributed by atoms with E-state index in [2.05, 4.69) is 15.2 Å². The normalized spacial score (nSPS) is 10.9. The van der Waals surface area contributed by atoms with Gasteiger partial charge in [0.25, 0.3) is 5.89 Å². The van der Waals surface area contributed by atoms with Gasteiger partial charge in [0.1, 0.15) is 11.6 Å². The number of aryl methyl sites for hydroxylation is 1. The highest BCUT2D eigenvalue weighted by Gasteiger charge is 2.15. The summed E-state index contributed by atoms with van der Waals surface area (Å²) in [6.45, 7) is 2.66. The van der Waals surface area contributed by atoms with Crippen LogP contribution in [0.3, 0.4) is 0 Å². The lowest BCUT2D eigenvalue weighted by molar-refractivity contribution is 0.431. The van der Waals surface area contributed by atoms with Gasteiger partial charge < -0.3 is 4.52 Å². The molecule has 7 heteroatoms. The van der Waals surface area contributed by atoms with E-state index in [4.69, 9.17) is 4.52 Å². The molecule has 0 aliphatic rings. The molecule has 0 saturated heterocycles. The van der Waals surface area contributed by atoms with Crippen LogP contribution < -0.4 is 0 Å². The van der Waals surface area contributed by atoms with Crippen molar-refractivity contribution in [2.75, 3.05) is 0 Å². The second-order valence-corrected chi connectivity index (χ2v) is 4.13. The van der Waals surface area contributed by atoms with Crippen molar-refractivity contribution < 1.29 is 13.3 Å². The lowest BCUT2D eigenvalue weighted by Gasteiger charge is -1.96. The van der Waals surface area contributed by atoms with E-state index >= 15 is 0 Å². The Kier molecular flexibility index (Phi) is 3.02. The average Bonchev–Trinajstić information content (AvgIpc) is 3.07. The highest BCUT2D eigenvalue weighted by Crippen LogP contribution is 2.24. The molecule has 2 aromatic heterocycles. The molecule has 5 nitrogen and oxygen atoms in total. The third-order valence-corrected chi connectivity index (χ3v) is 2.80. The first-order chi connectivity index (χ1) is 9.67. The summed E-state index contributed by atoms with van der Waals surface area (Å²) in [5, 5.41) is 7.79. The molecule has 0 spiro atoms. The number of aromatic nitrogens is 4. The predicted molar refractivity (Wildman–Crippen MR) is 66.5 cm³/mol. The molecule has 3 aromatic rings. The van der Waals surface area contributed by atoms with Crippen LogP contribution in [-0.2, 0) is 6.54 Å². The van der Waals surface area contributed by atoms with Crippen LogP contribution in [0.15, 0.2) is 35.1 Å². The van der Waals surface area contributed by atoms with E-state index in [1.807, 2.05) is 6.92 Å². The fraction of sp³-hybridized carbons (Fsp3) is 0.154. The van der Waals surface area contributed by atoms with E-state index in [1.165, 1.54) is 6.07 Å². The van der Waals surface area contributed by atoms with E-state index in [-0.39, 0.29) is 17.3 Å². The van der Waals surface area contributed by atoms with Crippen LogP contribution in [0, 0.1) is 11.6 Å². The molecular weight excluding hydrogens is 266 g/mol. The molecule has 0 atom stereocenters. The van der Waals surface area contributed by atoms with Gasteiger partial charge in [-0.2, -0.15) is 10.1 Å². The number of nitrogens with zero attached hydrogens (tertiary/aromatic N) is 4. The van der Waals surface area contributed by atoms with E-state index < -0.39 is 11.6 Å². The Balaban J connectivity index is 1.97. The molecule has 0 unspecified atom stereocenters. The Morgan fingerprint density at radius 3 is 2.85 bits per heavy atom. The van der Waals surface area contributed by atoms with E-state index in [9.17, 15) is 8.78 Å². The van der Waals surface area contributed by atoms with E-state index in [1.54, 1.807) is 17.1 Å². The van der Waals surface area contributed by atoms with Gasteiger partial charge in [-0.3, -0.25) is 4.68 Å². The Bertz CT molecular complexity index is 750. The lowest BCUT2D eigenvalue weighted by atomic mass is 10.2. The minimum Gasteiger partial charge on any atom is -0.333 e. The molecule has 102 valence electrons. The number of rotatable bonds is 3. The van der Waals surface area contributed by atoms with Gasteiger partial charge >= 0.3 is 0 Å². The molecule has 0 amide bonds. The van der Waals surface area contributed by atoms with Crippen LogP contribution in [0.4, 0.5) is 8.78 Å². The molecule has 20 heavy (non-hydrogen) atoms. The number of hydrogen-bond acceptors (Lipinski definition) is 4. The molecule has 0 saturated carbocycles. The van der Waals surface area contributed by atoms with E-state index in [0.717, 1.165) is 12.1 Å². The largest absolute Gasteiger partial charge is 0.333 e. The minimum absolute atomic E-state index is 0.0711. The summed E-state index contributed by atoms with van der Waals surface area (Å²) >= 11 is 0. The zero-order valence-electron chi connectivity index (χ0n) is 10.5. The quantitative estimate of drug-likeness (QED) is 0.738. The van der Waals surface area contributed by atoms with Crippen molar-refractivity contribution in [1.29, 1.82) is 0 Å². The Hall–Kier alpha value is -2.57. The molecular formula is C13H10F2N4O. The molecule has 1 aromatic carbocycles. The van der Waals surface area contributed by atoms with Gasteiger partial charge in [-0.25, -0.2) is 8.78 Å².